The van der Waals surface area contributed by atoms with Crippen LogP contribution in [0.5, 0.6) is 0 Å². The van der Waals surface area contributed by atoms with E-state index in [0.29, 0.717) is 18.7 Å². The number of nitrogen functional groups attached to an aromatic ring is 1. The molecule has 0 fully saturated rings. The molecule has 33 heavy (non-hydrogen) atoms. The number of anilines is 1. The first-order valence-corrected chi connectivity index (χ1v) is 12.2. The molecule has 0 aliphatic heterocycles. The van der Waals surface area contributed by atoms with E-state index in [4.69, 9.17) is 5.73 Å². The van der Waals surface area contributed by atoms with Crippen LogP contribution in [0.2, 0.25) is 0 Å². The Morgan fingerprint density at radius 3 is 2.61 bits per heavy atom. The molecular formula is C22H27FN6O3S. The monoisotopic (exact) mass is 474 g/mol. The highest BCUT2D eigenvalue weighted by Gasteiger charge is 2.28. The van der Waals surface area contributed by atoms with Gasteiger partial charge < -0.3 is 10.3 Å². The van der Waals surface area contributed by atoms with Crippen molar-refractivity contribution in [3.63, 3.8) is 0 Å². The van der Waals surface area contributed by atoms with Gasteiger partial charge in [-0.15, -0.1) is 0 Å². The van der Waals surface area contributed by atoms with E-state index in [-0.39, 0.29) is 35.9 Å². The number of ketones is 1. The molecule has 2 heterocycles. The van der Waals surface area contributed by atoms with Gasteiger partial charge in [0.1, 0.15) is 5.82 Å². The van der Waals surface area contributed by atoms with Crippen LogP contribution < -0.4 is 10.5 Å². The molecule has 1 aliphatic carbocycles. The molecule has 0 spiro atoms. The molecule has 9 nitrogen and oxygen atoms in total. The Balaban J connectivity index is 1.72. The van der Waals surface area contributed by atoms with Gasteiger partial charge in [0.05, 0.1) is 4.75 Å². The molecule has 0 amide bonds. The maximum Gasteiger partial charge on any atom is 0.312 e. The summed E-state index contributed by atoms with van der Waals surface area (Å²) in [5.74, 6) is 0.558. The number of fused-ring (bicyclic) bond motifs is 2. The third-order valence-electron chi connectivity index (χ3n) is 5.94. The Hall–Kier alpha value is -2.92. The lowest BCUT2D eigenvalue weighted by molar-refractivity contribution is 0.0994. The largest absolute Gasteiger partial charge is 0.382 e. The van der Waals surface area contributed by atoms with E-state index >= 15 is 0 Å². The average Bonchev–Trinajstić information content (AvgIpc) is 3.22. The van der Waals surface area contributed by atoms with Crippen LogP contribution in [0, 0.1) is 13.0 Å². The Morgan fingerprint density at radius 1 is 1.18 bits per heavy atom. The molecule has 11 heteroatoms. The number of carbonyl (C=O) groups is 1. The number of nitrogens with one attached hydrogen (secondary N) is 1. The van der Waals surface area contributed by atoms with Crippen LogP contribution in [0.25, 0.3) is 11.2 Å². The summed E-state index contributed by atoms with van der Waals surface area (Å²) < 4.78 is 42.1. The summed E-state index contributed by atoms with van der Waals surface area (Å²) >= 11 is 0. The highest BCUT2D eigenvalue weighted by atomic mass is 32.2. The fourth-order valence-corrected chi connectivity index (χ4v) is 4.73. The van der Waals surface area contributed by atoms with Crippen molar-refractivity contribution in [2.75, 3.05) is 12.3 Å². The number of nitrogens with zero attached hydrogens (tertiary/aromatic N) is 4. The van der Waals surface area contributed by atoms with Gasteiger partial charge in [-0.25, -0.2) is 18.1 Å². The maximum atomic E-state index is 13.9. The fraction of sp³-hybridized carbons (Fsp3) is 0.455. The van der Waals surface area contributed by atoms with Crippen LogP contribution in [0.4, 0.5) is 10.2 Å². The van der Waals surface area contributed by atoms with Crippen molar-refractivity contribution in [3.05, 3.63) is 46.3 Å². The number of aromatic nitrogens is 4. The zero-order valence-electron chi connectivity index (χ0n) is 19.1. The minimum atomic E-state index is -3.56. The smallest absolute Gasteiger partial charge is 0.312 e. The molecule has 0 bridgehead atoms. The summed E-state index contributed by atoms with van der Waals surface area (Å²) in [6.45, 7) is 7.01. The molecule has 1 aliphatic rings. The van der Waals surface area contributed by atoms with Gasteiger partial charge in [-0.05, 0) is 56.9 Å². The van der Waals surface area contributed by atoms with E-state index in [1.807, 2.05) is 19.1 Å². The van der Waals surface area contributed by atoms with Crippen molar-refractivity contribution in [1.82, 2.24) is 24.2 Å². The zero-order chi connectivity index (χ0) is 24.1. The van der Waals surface area contributed by atoms with Crippen LogP contribution in [0.3, 0.4) is 0 Å². The van der Waals surface area contributed by atoms with Crippen molar-refractivity contribution >= 4 is 32.8 Å². The normalized spacial score (nSPS) is 14.3. The molecule has 2 aromatic heterocycles. The van der Waals surface area contributed by atoms with Crippen molar-refractivity contribution in [3.8, 4) is 0 Å². The third-order valence-corrected chi connectivity index (χ3v) is 8.14. The van der Waals surface area contributed by atoms with Gasteiger partial charge in [-0.2, -0.15) is 14.4 Å². The summed E-state index contributed by atoms with van der Waals surface area (Å²) in [4.78, 5) is 24.2. The molecule has 3 aromatic rings. The predicted octanol–water partition coefficient (Wildman–Crippen LogP) is 2.29. The second kappa shape index (κ2) is 8.14. The molecule has 4 rings (SSSR count). The number of hydrogen-bond donors (Lipinski definition) is 2. The second-order valence-electron chi connectivity index (χ2n) is 9.28. The molecule has 176 valence electrons. The molecule has 0 atom stereocenters. The van der Waals surface area contributed by atoms with Gasteiger partial charge in [0, 0.05) is 31.5 Å². The summed E-state index contributed by atoms with van der Waals surface area (Å²) in [5, 5.41) is 0. The maximum absolute atomic E-state index is 13.9. The van der Waals surface area contributed by atoms with Crippen molar-refractivity contribution in [2.24, 2.45) is 0 Å². The van der Waals surface area contributed by atoms with Gasteiger partial charge in [-0.3, -0.25) is 4.79 Å². The molecule has 0 radical (unpaired) electrons. The zero-order valence-corrected chi connectivity index (χ0v) is 19.9. The SMILES string of the molecule is Cc1cc2c(cc1Cc1nc3c(N)nc(F)nc3n1CCNS(=O)(=O)C(C)(C)C)C(=O)CC2. The molecule has 1 aromatic carbocycles. The first-order chi connectivity index (χ1) is 15.4. The standard InChI is InChI=1S/C22H27FN6O3S/c1-12-9-13-5-6-16(30)15(13)10-14(12)11-17-26-18-19(24)27-21(23)28-20(18)29(17)8-7-25-33(31,32)22(2,3)4/h9-10,25H,5-8,11H2,1-4H3,(H2,24,27,28). The van der Waals surface area contributed by atoms with Crippen molar-refractivity contribution in [1.29, 1.82) is 0 Å². The summed E-state index contributed by atoms with van der Waals surface area (Å²) in [5.41, 5.74) is 10.0. The first kappa shape index (κ1) is 23.2. The number of hydrogen-bond acceptors (Lipinski definition) is 7. The summed E-state index contributed by atoms with van der Waals surface area (Å²) in [7, 11) is -3.56. The first-order valence-electron chi connectivity index (χ1n) is 10.7. The number of sulfonamides is 1. The van der Waals surface area contributed by atoms with E-state index in [9.17, 15) is 17.6 Å². The third kappa shape index (κ3) is 4.34. The number of imidazole rings is 1. The van der Waals surface area contributed by atoms with Crippen LogP contribution in [-0.4, -0.2) is 45.0 Å². The van der Waals surface area contributed by atoms with E-state index in [1.54, 1.807) is 25.3 Å². The number of carbonyl (C=O) groups excluding carboxylic acids is 1. The predicted molar refractivity (Wildman–Crippen MR) is 123 cm³/mol. The second-order valence-corrected chi connectivity index (χ2v) is 11.8. The van der Waals surface area contributed by atoms with E-state index in [1.165, 1.54) is 0 Å². The van der Waals surface area contributed by atoms with Crippen LogP contribution >= 0.6 is 0 Å². The Labute approximate surface area is 191 Å². The lowest BCUT2D eigenvalue weighted by Gasteiger charge is -2.20. The number of aryl methyl sites for hydroxylation is 2. The minimum Gasteiger partial charge on any atom is -0.382 e. The fourth-order valence-electron chi connectivity index (χ4n) is 3.94. The van der Waals surface area contributed by atoms with E-state index in [0.717, 1.165) is 28.7 Å². The van der Waals surface area contributed by atoms with Crippen molar-refractivity contribution < 1.29 is 17.6 Å². The Bertz CT molecular complexity index is 1380. The molecular weight excluding hydrogens is 447 g/mol. The molecule has 0 saturated heterocycles. The lowest BCUT2D eigenvalue weighted by atomic mass is 9.98. The summed E-state index contributed by atoms with van der Waals surface area (Å²) in [6, 6.07) is 3.91. The number of halogens is 1. The quantitative estimate of drug-likeness (QED) is 0.524. The van der Waals surface area contributed by atoms with E-state index in [2.05, 4.69) is 19.7 Å². The average molecular weight is 475 g/mol. The number of Topliss-reactive ketones (excluding diaryl/α,β-unsaturated/α-hetero) is 1. The number of rotatable bonds is 6. The van der Waals surface area contributed by atoms with E-state index < -0.39 is 20.8 Å². The summed E-state index contributed by atoms with van der Waals surface area (Å²) in [6.07, 6.45) is 0.612. The highest BCUT2D eigenvalue weighted by Crippen LogP contribution is 2.28. The Morgan fingerprint density at radius 2 is 1.91 bits per heavy atom. The lowest BCUT2D eigenvalue weighted by Crippen LogP contribution is -2.40. The Kier molecular flexibility index (Phi) is 5.73. The van der Waals surface area contributed by atoms with Gasteiger partial charge in [0.2, 0.25) is 10.0 Å². The van der Waals surface area contributed by atoms with Gasteiger partial charge >= 0.3 is 6.08 Å². The molecule has 3 N–H and O–H groups in total. The van der Waals surface area contributed by atoms with Crippen LogP contribution in [0.1, 0.15) is 60.1 Å². The number of benzene rings is 1. The minimum absolute atomic E-state index is 0.0608. The number of nitrogens with two attached hydrogens (primary N) is 1. The highest BCUT2D eigenvalue weighted by molar-refractivity contribution is 7.90. The van der Waals surface area contributed by atoms with Gasteiger partial charge in [-0.1, -0.05) is 6.07 Å². The van der Waals surface area contributed by atoms with Gasteiger partial charge in [0.25, 0.3) is 0 Å². The molecule has 0 saturated carbocycles. The topological polar surface area (TPSA) is 133 Å². The van der Waals surface area contributed by atoms with Crippen LogP contribution in [0.15, 0.2) is 12.1 Å². The van der Waals surface area contributed by atoms with Crippen LogP contribution in [-0.2, 0) is 29.4 Å². The van der Waals surface area contributed by atoms with Crippen molar-refractivity contribution in [2.45, 2.75) is 58.2 Å². The van der Waals surface area contributed by atoms with Gasteiger partial charge in [0.15, 0.2) is 22.8 Å². The molecule has 0 unspecified atom stereocenters.